The Labute approximate surface area is 181 Å². The van der Waals surface area contributed by atoms with Crippen LogP contribution in [0.25, 0.3) is 22.6 Å². The molecule has 0 atom stereocenters. The minimum absolute atomic E-state index is 0.0346. The third kappa shape index (κ3) is 4.41. The summed E-state index contributed by atoms with van der Waals surface area (Å²) in [7, 11) is 1.50. The van der Waals surface area contributed by atoms with Crippen molar-refractivity contribution < 1.29 is 22.7 Å². The van der Waals surface area contributed by atoms with Crippen LogP contribution in [0.1, 0.15) is 21.6 Å². The monoisotopic (exact) mass is 446 g/mol. The number of hydrogen-bond acceptors (Lipinski definition) is 7. The third-order valence-corrected chi connectivity index (χ3v) is 4.78. The minimum atomic E-state index is -2.68. The van der Waals surface area contributed by atoms with Crippen LogP contribution in [0.2, 0.25) is 0 Å². The van der Waals surface area contributed by atoms with E-state index in [-0.39, 0.29) is 34.3 Å². The lowest BCUT2D eigenvalue weighted by Crippen LogP contribution is -2.19. The summed E-state index contributed by atoms with van der Waals surface area (Å²) in [5, 5.41) is 2.43. The molecule has 11 heteroatoms. The number of nitrogens with two attached hydrogens (primary N) is 2. The number of anilines is 2. The molecule has 0 spiro atoms. The fraction of sp³-hybridized carbons (Fsp3) is 0.238. The van der Waals surface area contributed by atoms with Crippen molar-refractivity contribution in [2.45, 2.75) is 20.3 Å². The Balaban J connectivity index is 2.32. The number of benzene rings is 1. The van der Waals surface area contributed by atoms with Crippen LogP contribution in [-0.4, -0.2) is 40.9 Å². The summed E-state index contributed by atoms with van der Waals surface area (Å²) in [6.07, 6.45) is -1.82. The molecular weight excluding hydrogens is 425 g/mol. The number of primary amides is 1. The van der Waals surface area contributed by atoms with E-state index in [1.165, 1.54) is 7.11 Å². The number of nitrogens with one attached hydrogen (secondary N) is 1. The van der Waals surface area contributed by atoms with Gasteiger partial charge < -0.3 is 21.5 Å². The van der Waals surface area contributed by atoms with E-state index in [1.807, 2.05) is 6.92 Å². The molecular formula is C21H21F3N6O2. The van der Waals surface area contributed by atoms with Gasteiger partial charge in [0.25, 0.3) is 12.3 Å². The molecule has 0 bridgehead atoms. The van der Waals surface area contributed by atoms with E-state index in [0.29, 0.717) is 16.9 Å². The minimum Gasteiger partial charge on any atom is -0.496 e. The van der Waals surface area contributed by atoms with Gasteiger partial charge in [0.05, 0.1) is 36.8 Å². The first kappa shape index (κ1) is 22.8. The highest BCUT2D eigenvalue weighted by molar-refractivity contribution is 6.00. The largest absolute Gasteiger partial charge is 0.496 e. The molecule has 0 radical (unpaired) electrons. The summed E-state index contributed by atoms with van der Waals surface area (Å²) in [5.41, 5.74) is 13.4. The number of pyridine rings is 1. The molecule has 0 aliphatic heterocycles. The second kappa shape index (κ2) is 9.08. The highest BCUT2D eigenvalue weighted by Gasteiger charge is 2.23. The summed E-state index contributed by atoms with van der Waals surface area (Å²) >= 11 is 0. The fourth-order valence-electron chi connectivity index (χ4n) is 3.31. The number of aryl methyl sites for hydroxylation is 1. The van der Waals surface area contributed by atoms with Gasteiger partial charge in [-0.25, -0.2) is 28.1 Å². The van der Waals surface area contributed by atoms with E-state index < -0.39 is 24.7 Å². The molecule has 0 aliphatic carbocycles. The van der Waals surface area contributed by atoms with Gasteiger partial charge in [0.15, 0.2) is 11.5 Å². The molecule has 2 aromatic heterocycles. The van der Waals surface area contributed by atoms with Crippen molar-refractivity contribution >= 4 is 17.4 Å². The second-order valence-corrected chi connectivity index (χ2v) is 6.93. The number of rotatable bonds is 7. The molecule has 168 valence electrons. The molecule has 0 saturated carbocycles. The molecule has 0 unspecified atom stereocenters. The van der Waals surface area contributed by atoms with E-state index in [4.69, 9.17) is 16.2 Å². The highest BCUT2D eigenvalue weighted by atomic mass is 19.3. The number of amides is 1. The van der Waals surface area contributed by atoms with E-state index in [1.54, 1.807) is 19.1 Å². The van der Waals surface area contributed by atoms with E-state index in [9.17, 15) is 18.0 Å². The quantitative estimate of drug-likeness (QED) is 0.508. The Morgan fingerprint density at radius 3 is 2.59 bits per heavy atom. The zero-order chi connectivity index (χ0) is 23.6. The van der Waals surface area contributed by atoms with Crippen LogP contribution in [0.3, 0.4) is 0 Å². The number of methoxy groups -OCH3 is 1. The van der Waals surface area contributed by atoms with Gasteiger partial charge in [-0.15, -0.1) is 0 Å². The number of hydrogen-bond donors (Lipinski definition) is 3. The van der Waals surface area contributed by atoms with Crippen LogP contribution in [0, 0.1) is 19.7 Å². The fourth-order valence-corrected chi connectivity index (χ4v) is 3.31. The zero-order valence-corrected chi connectivity index (χ0v) is 17.5. The van der Waals surface area contributed by atoms with Gasteiger partial charge in [0, 0.05) is 11.1 Å². The van der Waals surface area contributed by atoms with Crippen molar-refractivity contribution in [3.63, 3.8) is 0 Å². The van der Waals surface area contributed by atoms with Gasteiger partial charge in [-0.05, 0) is 31.5 Å². The molecule has 0 saturated heterocycles. The van der Waals surface area contributed by atoms with Crippen molar-refractivity contribution in [1.29, 1.82) is 0 Å². The molecule has 3 aromatic rings. The normalized spacial score (nSPS) is 11.0. The molecule has 3 rings (SSSR count). The number of ether oxygens (including phenoxy) is 1. The van der Waals surface area contributed by atoms with Crippen molar-refractivity contribution in [2.24, 2.45) is 5.73 Å². The van der Waals surface area contributed by atoms with Crippen LogP contribution in [0.4, 0.5) is 24.7 Å². The van der Waals surface area contributed by atoms with Gasteiger partial charge in [0.2, 0.25) is 0 Å². The summed E-state index contributed by atoms with van der Waals surface area (Å²) < 4.78 is 44.8. The van der Waals surface area contributed by atoms with Crippen LogP contribution in [0.15, 0.2) is 24.4 Å². The molecule has 0 aliphatic rings. The van der Waals surface area contributed by atoms with Crippen LogP contribution < -0.4 is 21.5 Å². The van der Waals surface area contributed by atoms with Gasteiger partial charge in [0.1, 0.15) is 17.4 Å². The number of nitrogen functional groups attached to an aromatic ring is 1. The number of nitrogens with zero attached hydrogens (tertiary/aromatic N) is 3. The maximum absolute atomic E-state index is 14.0. The highest BCUT2D eigenvalue weighted by Crippen LogP contribution is 2.37. The van der Waals surface area contributed by atoms with Crippen LogP contribution in [-0.2, 0) is 0 Å². The van der Waals surface area contributed by atoms with E-state index in [0.717, 1.165) is 17.8 Å². The Bertz CT molecular complexity index is 1190. The van der Waals surface area contributed by atoms with Gasteiger partial charge in [-0.3, -0.25) is 4.79 Å². The molecule has 32 heavy (non-hydrogen) atoms. The first-order chi connectivity index (χ1) is 15.1. The molecule has 1 amide bonds. The Kier molecular flexibility index (Phi) is 6.47. The number of alkyl halides is 2. The maximum atomic E-state index is 14.0. The lowest BCUT2D eigenvalue weighted by atomic mass is 9.97. The lowest BCUT2D eigenvalue weighted by Gasteiger charge is -2.17. The predicted octanol–water partition coefficient (Wildman–Crippen LogP) is 3.33. The first-order valence-electron chi connectivity index (χ1n) is 9.43. The standard InChI is InChI=1S/C21H21F3N6O2/c1-9-4-5-13(32-3)10(2)15(9)17-16(25)18(19(26)31)30-21(29-17)12-6-11(22)7-27-20(12)28-8-14(23)24/h4-7,14H,8,25H2,1-3H3,(H2,26,31)(H,27,28). The third-order valence-electron chi connectivity index (χ3n) is 4.78. The number of aromatic nitrogens is 3. The van der Waals surface area contributed by atoms with Crippen LogP contribution in [0.5, 0.6) is 5.75 Å². The second-order valence-electron chi connectivity index (χ2n) is 6.93. The van der Waals surface area contributed by atoms with Crippen molar-refractivity contribution in [1.82, 2.24) is 15.0 Å². The predicted molar refractivity (Wildman–Crippen MR) is 114 cm³/mol. The summed E-state index contributed by atoms with van der Waals surface area (Å²) in [6, 6.07) is 4.57. The topological polar surface area (TPSA) is 129 Å². The summed E-state index contributed by atoms with van der Waals surface area (Å²) in [4.78, 5) is 24.4. The summed E-state index contributed by atoms with van der Waals surface area (Å²) in [6.45, 7) is 2.86. The molecule has 2 heterocycles. The van der Waals surface area contributed by atoms with Crippen molar-refractivity contribution in [3.05, 3.63) is 47.0 Å². The average Bonchev–Trinajstić information content (AvgIpc) is 2.73. The molecule has 8 nitrogen and oxygen atoms in total. The van der Waals surface area contributed by atoms with Gasteiger partial charge >= 0.3 is 0 Å². The first-order valence-corrected chi connectivity index (χ1v) is 9.43. The van der Waals surface area contributed by atoms with E-state index in [2.05, 4.69) is 20.3 Å². The van der Waals surface area contributed by atoms with Gasteiger partial charge in [-0.2, -0.15) is 0 Å². The Morgan fingerprint density at radius 2 is 1.97 bits per heavy atom. The zero-order valence-electron chi connectivity index (χ0n) is 17.5. The SMILES string of the molecule is COc1ccc(C)c(-c2nc(-c3cc(F)cnc3NCC(F)F)nc(C(N)=O)c2N)c1C. The van der Waals surface area contributed by atoms with E-state index >= 15 is 0 Å². The number of carbonyl (C=O) groups excluding carboxylic acids is 1. The van der Waals surface area contributed by atoms with Gasteiger partial charge in [-0.1, -0.05) is 6.07 Å². The Hall–Kier alpha value is -3.89. The number of halogens is 3. The Morgan fingerprint density at radius 1 is 1.25 bits per heavy atom. The van der Waals surface area contributed by atoms with Crippen LogP contribution >= 0.6 is 0 Å². The summed E-state index contributed by atoms with van der Waals surface area (Å²) in [5.74, 6) is -1.38. The average molecular weight is 446 g/mol. The molecule has 5 N–H and O–H groups in total. The van der Waals surface area contributed by atoms with Crippen molar-refractivity contribution in [2.75, 3.05) is 24.7 Å². The maximum Gasteiger partial charge on any atom is 0.269 e. The van der Waals surface area contributed by atoms with Crippen molar-refractivity contribution in [3.8, 4) is 28.4 Å². The number of carbonyl (C=O) groups is 1. The smallest absolute Gasteiger partial charge is 0.269 e. The lowest BCUT2D eigenvalue weighted by molar-refractivity contribution is 0.0996. The molecule has 0 fully saturated rings. The molecule has 1 aromatic carbocycles.